The standard InChI is InChI=1S/C8H8ClNO3/c1-13-6(12)3-4-2-5(11)7(9)8(4)10/h3H,2,10H2,1H3/b4-3+. The average molecular weight is 202 g/mol. The van der Waals surface area contributed by atoms with Crippen LogP contribution >= 0.6 is 11.6 Å². The van der Waals surface area contributed by atoms with Crippen molar-refractivity contribution >= 4 is 23.4 Å². The van der Waals surface area contributed by atoms with Gasteiger partial charge in [-0.1, -0.05) is 11.6 Å². The molecule has 70 valence electrons. The van der Waals surface area contributed by atoms with Gasteiger partial charge in [0.25, 0.3) is 0 Å². The van der Waals surface area contributed by atoms with Crippen LogP contribution in [0.1, 0.15) is 6.42 Å². The van der Waals surface area contributed by atoms with Crippen molar-refractivity contribution in [3.05, 3.63) is 22.4 Å². The Morgan fingerprint density at radius 1 is 1.69 bits per heavy atom. The first-order chi connectivity index (χ1) is 6.06. The fraction of sp³-hybridized carbons (Fsp3) is 0.250. The van der Waals surface area contributed by atoms with Crippen LogP contribution in [-0.2, 0) is 14.3 Å². The summed E-state index contributed by atoms with van der Waals surface area (Å²) in [6.45, 7) is 0. The quantitative estimate of drug-likeness (QED) is 0.495. The molecule has 0 bridgehead atoms. The summed E-state index contributed by atoms with van der Waals surface area (Å²) in [4.78, 5) is 21.8. The molecule has 13 heavy (non-hydrogen) atoms. The Morgan fingerprint density at radius 2 is 2.31 bits per heavy atom. The highest BCUT2D eigenvalue weighted by Gasteiger charge is 2.24. The SMILES string of the molecule is COC(=O)/C=C1\CC(=O)C(Cl)=C1N. The van der Waals surface area contributed by atoms with Crippen LogP contribution in [-0.4, -0.2) is 18.9 Å². The summed E-state index contributed by atoms with van der Waals surface area (Å²) in [5, 5.41) is -0.00449. The van der Waals surface area contributed by atoms with E-state index in [1.54, 1.807) is 0 Å². The van der Waals surface area contributed by atoms with Crippen molar-refractivity contribution in [3.63, 3.8) is 0 Å². The Balaban J connectivity index is 2.94. The lowest BCUT2D eigenvalue weighted by atomic mass is 10.2. The first-order valence-electron chi connectivity index (χ1n) is 3.53. The van der Waals surface area contributed by atoms with Crippen LogP contribution in [0.5, 0.6) is 0 Å². The molecule has 4 nitrogen and oxygen atoms in total. The minimum absolute atomic E-state index is 0.00449. The third kappa shape index (κ3) is 1.89. The number of Topliss-reactive ketones (excluding diaryl/α,β-unsaturated/α-hetero) is 1. The van der Waals surface area contributed by atoms with Crippen molar-refractivity contribution in [1.82, 2.24) is 0 Å². The zero-order chi connectivity index (χ0) is 10.0. The highest BCUT2D eigenvalue weighted by molar-refractivity contribution is 6.44. The molecular formula is C8H8ClNO3. The number of ketones is 1. The van der Waals surface area contributed by atoms with Crippen LogP contribution in [0.4, 0.5) is 0 Å². The second-order valence-electron chi connectivity index (χ2n) is 2.52. The zero-order valence-corrected chi connectivity index (χ0v) is 7.72. The third-order valence-electron chi connectivity index (χ3n) is 1.67. The Hall–Kier alpha value is -1.29. The molecule has 0 atom stereocenters. The van der Waals surface area contributed by atoms with Gasteiger partial charge >= 0.3 is 5.97 Å². The van der Waals surface area contributed by atoms with E-state index >= 15 is 0 Å². The molecule has 0 saturated heterocycles. The molecule has 0 fully saturated rings. The third-order valence-corrected chi connectivity index (χ3v) is 2.09. The van der Waals surface area contributed by atoms with Gasteiger partial charge in [-0.2, -0.15) is 0 Å². The zero-order valence-electron chi connectivity index (χ0n) is 6.96. The number of carbonyl (C=O) groups is 2. The summed E-state index contributed by atoms with van der Waals surface area (Å²) < 4.78 is 4.38. The number of ether oxygens (including phenoxy) is 1. The van der Waals surface area contributed by atoms with E-state index in [1.165, 1.54) is 13.2 Å². The lowest BCUT2D eigenvalue weighted by molar-refractivity contribution is -0.134. The average Bonchev–Trinajstić information content (AvgIpc) is 2.34. The lowest BCUT2D eigenvalue weighted by Gasteiger charge is -1.96. The smallest absolute Gasteiger partial charge is 0.330 e. The summed E-state index contributed by atoms with van der Waals surface area (Å²) in [6.07, 6.45) is 1.24. The molecule has 0 aromatic rings. The number of allylic oxidation sites excluding steroid dienone is 2. The Kier molecular flexibility index (Phi) is 2.72. The topological polar surface area (TPSA) is 69.4 Å². The first kappa shape index (κ1) is 9.80. The minimum atomic E-state index is -0.544. The first-order valence-corrected chi connectivity index (χ1v) is 3.91. The van der Waals surface area contributed by atoms with Crippen LogP contribution in [0.15, 0.2) is 22.4 Å². The maximum Gasteiger partial charge on any atom is 0.330 e. The molecule has 1 aliphatic carbocycles. The molecular weight excluding hydrogens is 194 g/mol. The Bertz CT molecular complexity index is 330. The van der Waals surface area contributed by atoms with Crippen molar-refractivity contribution in [1.29, 1.82) is 0 Å². The lowest BCUT2D eigenvalue weighted by Crippen LogP contribution is -2.02. The summed E-state index contributed by atoms with van der Waals surface area (Å²) >= 11 is 5.55. The summed E-state index contributed by atoms with van der Waals surface area (Å²) in [5.74, 6) is -0.813. The molecule has 0 aromatic heterocycles. The van der Waals surface area contributed by atoms with Gasteiger partial charge in [0.2, 0.25) is 0 Å². The molecule has 1 rings (SSSR count). The Morgan fingerprint density at radius 3 is 2.69 bits per heavy atom. The van der Waals surface area contributed by atoms with Crippen LogP contribution in [0.3, 0.4) is 0 Å². The fourth-order valence-corrected chi connectivity index (χ4v) is 1.16. The van der Waals surface area contributed by atoms with Crippen LogP contribution in [0.25, 0.3) is 0 Å². The molecule has 0 aromatic carbocycles. The van der Waals surface area contributed by atoms with E-state index < -0.39 is 5.97 Å². The van der Waals surface area contributed by atoms with E-state index in [0.29, 0.717) is 5.57 Å². The highest BCUT2D eigenvalue weighted by atomic mass is 35.5. The van der Waals surface area contributed by atoms with Crippen LogP contribution < -0.4 is 5.73 Å². The second-order valence-corrected chi connectivity index (χ2v) is 2.90. The van der Waals surface area contributed by atoms with Crippen molar-refractivity contribution in [2.24, 2.45) is 5.73 Å². The second kappa shape index (κ2) is 3.62. The summed E-state index contributed by atoms with van der Waals surface area (Å²) in [5.41, 5.74) is 6.05. The highest BCUT2D eigenvalue weighted by Crippen LogP contribution is 2.27. The number of halogens is 1. The number of esters is 1. The van der Waals surface area contributed by atoms with E-state index in [2.05, 4.69) is 4.74 Å². The van der Waals surface area contributed by atoms with Crippen molar-refractivity contribution in [3.8, 4) is 0 Å². The van der Waals surface area contributed by atoms with Gasteiger partial charge in [-0.05, 0) is 5.57 Å². The molecule has 1 aliphatic rings. The number of rotatable bonds is 1. The van der Waals surface area contributed by atoms with E-state index in [-0.39, 0.29) is 22.9 Å². The predicted octanol–water partition coefficient (Wildman–Crippen LogP) is 0.468. The van der Waals surface area contributed by atoms with Crippen molar-refractivity contribution < 1.29 is 14.3 Å². The minimum Gasteiger partial charge on any atom is -0.466 e. The van der Waals surface area contributed by atoms with Gasteiger partial charge in [0.15, 0.2) is 5.78 Å². The van der Waals surface area contributed by atoms with E-state index in [9.17, 15) is 9.59 Å². The van der Waals surface area contributed by atoms with Gasteiger partial charge in [0, 0.05) is 12.5 Å². The largest absolute Gasteiger partial charge is 0.466 e. The van der Waals surface area contributed by atoms with Crippen LogP contribution in [0, 0.1) is 0 Å². The normalized spacial score (nSPS) is 19.8. The Labute approximate surface area is 80.0 Å². The van der Waals surface area contributed by atoms with Gasteiger partial charge in [0.05, 0.1) is 12.8 Å². The predicted molar refractivity (Wildman–Crippen MR) is 46.8 cm³/mol. The maximum atomic E-state index is 11.0. The molecule has 2 N–H and O–H groups in total. The van der Waals surface area contributed by atoms with Crippen molar-refractivity contribution in [2.75, 3.05) is 7.11 Å². The van der Waals surface area contributed by atoms with Gasteiger partial charge in [-0.15, -0.1) is 0 Å². The fourth-order valence-electron chi connectivity index (χ4n) is 0.967. The van der Waals surface area contributed by atoms with Crippen LogP contribution in [0.2, 0.25) is 0 Å². The molecule has 0 radical (unpaired) electrons. The van der Waals surface area contributed by atoms with E-state index in [0.717, 1.165) is 0 Å². The summed E-state index contributed by atoms with van der Waals surface area (Å²) in [6, 6.07) is 0. The van der Waals surface area contributed by atoms with Gasteiger partial charge in [0.1, 0.15) is 5.03 Å². The van der Waals surface area contributed by atoms with Crippen molar-refractivity contribution in [2.45, 2.75) is 6.42 Å². The molecule has 0 heterocycles. The van der Waals surface area contributed by atoms with Gasteiger partial charge in [-0.25, -0.2) is 4.79 Å². The van der Waals surface area contributed by atoms with E-state index in [4.69, 9.17) is 17.3 Å². The molecule has 0 unspecified atom stereocenters. The molecule has 0 aliphatic heterocycles. The molecule has 0 amide bonds. The van der Waals surface area contributed by atoms with Gasteiger partial charge < -0.3 is 10.5 Å². The maximum absolute atomic E-state index is 11.0. The van der Waals surface area contributed by atoms with E-state index in [1.807, 2.05) is 0 Å². The molecule has 0 saturated carbocycles. The molecule has 0 spiro atoms. The number of hydrogen-bond acceptors (Lipinski definition) is 4. The monoisotopic (exact) mass is 201 g/mol. The number of nitrogens with two attached hydrogens (primary N) is 1. The number of methoxy groups -OCH3 is 1. The van der Waals surface area contributed by atoms with Gasteiger partial charge in [-0.3, -0.25) is 4.79 Å². The number of carbonyl (C=O) groups excluding carboxylic acids is 2. The molecule has 5 heteroatoms. The summed E-state index contributed by atoms with van der Waals surface area (Å²) in [7, 11) is 1.25. The number of hydrogen-bond donors (Lipinski definition) is 1.